The van der Waals surface area contributed by atoms with Crippen molar-refractivity contribution < 1.29 is 23.9 Å². The third kappa shape index (κ3) is 5.77. The zero-order valence-corrected chi connectivity index (χ0v) is 20.0. The van der Waals surface area contributed by atoms with E-state index in [1.165, 1.54) is 0 Å². The second-order valence-electron chi connectivity index (χ2n) is 7.98. The number of methoxy groups -OCH3 is 1. The van der Waals surface area contributed by atoms with Crippen molar-refractivity contribution in [2.45, 2.75) is 32.4 Å². The molecule has 0 spiro atoms. The van der Waals surface area contributed by atoms with Crippen LogP contribution in [-0.2, 0) is 32.2 Å². The zero-order chi connectivity index (χ0) is 26.2. The van der Waals surface area contributed by atoms with Crippen molar-refractivity contribution in [3.05, 3.63) is 98.2 Å². The molecule has 10 heteroatoms. The maximum absolute atomic E-state index is 13.1. The lowest BCUT2D eigenvalue weighted by Gasteiger charge is -2.17. The number of hydrogen-bond donors (Lipinski definition) is 1. The van der Waals surface area contributed by atoms with Gasteiger partial charge < -0.3 is 15.2 Å². The summed E-state index contributed by atoms with van der Waals surface area (Å²) in [7, 11) is 1.11. The van der Waals surface area contributed by atoms with Crippen LogP contribution in [0.4, 0.5) is 5.82 Å². The highest BCUT2D eigenvalue weighted by Gasteiger charge is 2.26. The molecule has 36 heavy (non-hydrogen) atoms. The number of nitrogens with zero attached hydrogens (tertiary/aromatic N) is 2. The fraction of sp³-hybridized carbons (Fsp3) is 0.269. The van der Waals surface area contributed by atoms with Gasteiger partial charge in [0.15, 0.2) is 6.61 Å². The highest BCUT2D eigenvalue weighted by molar-refractivity contribution is 6.01. The topological polar surface area (TPSA) is 140 Å². The van der Waals surface area contributed by atoms with Crippen molar-refractivity contribution in [2.75, 3.05) is 19.5 Å². The van der Waals surface area contributed by atoms with Gasteiger partial charge in [-0.25, -0.2) is 9.36 Å². The molecule has 0 aliphatic heterocycles. The number of aromatic nitrogens is 2. The van der Waals surface area contributed by atoms with E-state index in [4.69, 9.17) is 10.5 Å². The summed E-state index contributed by atoms with van der Waals surface area (Å²) in [6.07, 6.45) is 0.438. The van der Waals surface area contributed by atoms with Gasteiger partial charge in [-0.3, -0.25) is 23.7 Å². The number of nitrogen functional groups attached to an aromatic ring is 1. The number of benzene rings is 2. The Kier molecular flexibility index (Phi) is 8.56. The van der Waals surface area contributed by atoms with Gasteiger partial charge in [0.05, 0.1) is 19.6 Å². The molecular formula is C26H27N3O7. The molecule has 3 rings (SSSR count). The number of nitrogens with two attached hydrogens (primary N) is 1. The summed E-state index contributed by atoms with van der Waals surface area (Å²) in [5.74, 6) is -3.37. The molecule has 2 aromatic carbocycles. The molecule has 0 fully saturated rings. The number of anilines is 1. The van der Waals surface area contributed by atoms with Crippen molar-refractivity contribution in [3.63, 3.8) is 0 Å². The third-order valence-corrected chi connectivity index (χ3v) is 5.69. The van der Waals surface area contributed by atoms with Crippen LogP contribution in [-0.4, -0.2) is 40.6 Å². The van der Waals surface area contributed by atoms with Gasteiger partial charge in [0.25, 0.3) is 5.56 Å². The zero-order valence-electron chi connectivity index (χ0n) is 20.0. The Bertz CT molecular complexity index is 1360. The Labute approximate surface area is 206 Å². The van der Waals surface area contributed by atoms with Crippen LogP contribution in [0.25, 0.3) is 0 Å². The van der Waals surface area contributed by atoms with Gasteiger partial charge in [-0.1, -0.05) is 67.6 Å². The average molecular weight is 494 g/mol. The predicted molar refractivity (Wildman–Crippen MR) is 132 cm³/mol. The van der Waals surface area contributed by atoms with Crippen LogP contribution in [0.2, 0.25) is 0 Å². The molecule has 0 amide bonds. The molecule has 0 radical (unpaired) electrons. The number of esters is 2. The maximum Gasteiger partial charge on any atom is 0.333 e. The number of carbonyl (C=O) groups excluding carboxylic acids is 3. The fourth-order valence-corrected chi connectivity index (χ4v) is 3.76. The SMILES string of the molecule is CCC(C(=O)OCC(=O)c1c(N)n(Cc2ccccc2)c(=O)n(CC(=O)OC)c1=O)c1ccccc1. The number of rotatable bonds is 10. The normalized spacial score (nSPS) is 11.5. The summed E-state index contributed by atoms with van der Waals surface area (Å²) in [6.45, 7) is 0.279. The van der Waals surface area contributed by atoms with Crippen molar-refractivity contribution >= 4 is 23.5 Å². The molecule has 2 N–H and O–H groups in total. The molecule has 0 aliphatic rings. The fourth-order valence-electron chi connectivity index (χ4n) is 3.76. The van der Waals surface area contributed by atoms with Crippen LogP contribution < -0.4 is 17.0 Å². The quantitative estimate of drug-likeness (QED) is 0.333. The van der Waals surface area contributed by atoms with Crippen LogP contribution in [0.3, 0.4) is 0 Å². The van der Waals surface area contributed by atoms with Crippen molar-refractivity contribution in [2.24, 2.45) is 0 Å². The van der Waals surface area contributed by atoms with Crippen LogP contribution in [0.1, 0.15) is 40.7 Å². The summed E-state index contributed by atoms with van der Waals surface area (Å²) < 4.78 is 11.4. The molecule has 0 saturated heterocycles. The molecule has 1 heterocycles. The smallest absolute Gasteiger partial charge is 0.333 e. The first-order chi connectivity index (χ1) is 17.3. The minimum absolute atomic E-state index is 0.0566. The molecule has 3 aromatic rings. The summed E-state index contributed by atoms with van der Waals surface area (Å²) in [4.78, 5) is 63.7. The molecule has 10 nitrogen and oxygen atoms in total. The van der Waals surface area contributed by atoms with Gasteiger partial charge in [0.2, 0.25) is 5.78 Å². The van der Waals surface area contributed by atoms with Crippen LogP contribution >= 0.6 is 0 Å². The first-order valence-electron chi connectivity index (χ1n) is 11.3. The van der Waals surface area contributed by atoms with Crippen molar-refractivity contribution in [1.29, 1.82) is 0 Å². The van der Waals surface area contributed by atoms with Gasteiger partial charge in [-0.15, -0.1) is 0 Å². The Morgan fingerprint density at radius 1 is 0.944 bits per heavy atom. The molecule has 0 aliphatic carbocycles. The maximum atomic E-state index is 13.1. The van der Waals surface area contributed by atoms with E-state index in [0.717, 1.165) is 17.2 Å². The first-order valence-corrected chi connectivity index (χ1v) is 11.3. The lowest BCUT2D eigenvalue weighted by atomic mass is 9.97. The number of ketones is 1. The molecule has 0 saturated carbocycles. The minimum atomic E-state index is -1.07. The Morgan fingerprint density at radius 2 is 1.56 bits per heavy atom. The van der Waals surface area contributed by atoms with E-state index in [9.17, 15) is 24.0 Å². The number of hydrogen-bond acceptors (Lipinski definition) is 8. The second-order valence-corrected chi connectivity index (χ2v) is 7.98. The van der Waals surface area contributed by atoms with Gasteiger partial charge in [-0.05, 0) is 17.5 Å². The van der Waals surface area contributed by atoms with Crippen molar-refractivity contribution in [3.8, 4) is 0 Å². The van der Waals surface area contributed by atoms with E-state index in [1.54, 1.807) is 54.6 Å². The summed E-state index contributed by atoms with van der Waals surface area (Å²) >= 11 is 0. The molecule has 1 aromatic heterocycles. The Hall–Kier alpha value is -4.47. The Morgan fingerprint density at radius 3 is 2.14 bits per heavy atom. The van der Waals surface area contributed by atoms with Gasteiger partial charge in [0.1, 0.15) is 17.9 Å². The van der Waals surface area contributed by atoms with E-state index in [1.807, 2.05) is 13.0 Å². The van der Waals surface area contributed by atoms with Gasteiger partial charge in [0, 0.05) is 0 Å². The summed E-state index contributed by atoms with van der Waals surface area (Å²) in [5.41, 5.74) is 5.03. The predicted octanol–water partition coefficient (Wildman–Crippen LogP) is 1.73. The van der Waals surface area contributed by atoms with Crippen LogP contribution in [0.5, 0.6) is 0 Å². The molecule has 188 valence electrons. The summed E-state index contributed by atoms with van der Waals surface area (Å²) in [6, 6.07) is 17.7. The Balaban J connectivity index is 1.96. The second kappa shape index (κ2) is 11.8. The number of Topliss-reactive ketones (excluding diaryl/α,β-unsaturated/α-hetero) is 1. The third-order valence-electron chi connectivity index (χ3n) is 5.69. The average Bonchev–Trinajstić information content (AvgIpc) is 2.89. The van der Waals surface area contributed by atoms with Gasteiger partial charge >= 0.3 is 17.6 Å². The van der Waals surface area contributed by atoms with Crippen molar-refractivity contribution in [1.82, 2.24) is 9.13 Å². The highest BCUT2D eigenvalue weighted by atomic mass is 16.5. The minimum Gasteiger partial charge on any atom is -0.468 e. The number of ether oxygens (including phenoxy) is 2. The van der Waals surface area contributed by atoms with Crippen LogP contribution in [0.15, 0.2) is 70.3 Å². The molecule has 1 unspecified atom stereocenters. The van der Waals surface area contributed by atoms with E-state index in [2.05, 4.69) is 4.74 Å². The van der Waals surface area contributed by atoms with E-state index < -0.39 is 53.6 Å². The highest BCUT2D eigenvalue weighted by Crippen LogP contribution is 2.21. The van der Waals surface area contributed by atoms with Crippen LogP contribution in [0, 0.1) is 0 Å². The molecule has 1 atom stereocenters. The lowest BCUT2D eigenvalue weighted by molar-refractivity contribution is -0.144. The van der Waals surface area contributed by atoms with E-state index >= 15 is 0 Å². The largest absolute Gasteiger partial charge is 0.468 e. The van der Waals surface area contributed by atoms with E-state index in [-0.39, 0.29) is 12.4 Å². The number of carbonyl (C=O) groups is 3. The first kappa shape index (κ1) is 26.1. The monoisotopic (exact) mass is 493 g/mol. The molecule has 0 bridgehead atoms. The molecular weight excluding hydrogens is 466 g/mol. The van der Waals surface area contributed by atoms with E-state index in [0.29, 0.717) is 16.6 Å². The standard InChI is InChI=1S/C26H27N3O7/c1-3-19(18-12-8-5-9-13-18)25(33)36-16-20(30)22-23(27)28(14-17-10-6-4-7-11-17)26(34)29(24(22)32)15-21(31)35-2/h4-13,19H,3,14-16,27H2,1-2H3. The lowest BCUT2D eigenvalue weighted by Crippen LogP contribution is -2.46. The summed E-state index contributed by atoms with van der Waals surface area (Å²) in [5, 5.41) is 0. The van der Waals surface area contributed by atoms with Gasteiger partial charge in [-0.2, -0.15) is 0 Å².